The van der Waals surface area contributed by atoms with Crippen LogP contribution in [0.2, 0.25) is 0 Å². The van der Waals surface area contributed by atoms with Gasteiger partial charge < -0.3 is 21.0 Å². The number of nitrogens with zero attached hydrogens (tertiary/aromatic N) is 1. The van der Waals surface area contributed by atoms with E-state index in [-0.39, 0.29) is 5.91 Å². The molecule has 0 radical (unpaired) electrons. The summed E-state index contributed by atoms with van der Waals surface area (Å²) in [5, 5.41) is 11.6. The van der Waals surface area contributed by atoms with Crippen molar-refractivity contribution < 1.29 is 4.79 Å². The fraction of sp³-hybridized carbons (Fsp3) is 0.294. The normalized spacial score (nSPS) is 17.6. The second kappa shape index (κ2) is 5.67. The summed E-state index contributed by atoms with van der Waals surface area (Å²) in [6, 6.07) is 7.56. The molecule has 1 heterocycles. The molecule has 1 aromatic heterocycles. The van der Waals surface area contributed by atoms with Gasteiger partial charge in [-0.25, -0.2) is 0 Å². The number of nitrogens with one attached hydrogen (secondary N) is 2. The first-order chi connectivity index (χ1) is 10.6. The van der Waals surface area contributed by atoms with E-state index < -0.39 is 0 Å². The van der Waals surface area contributed by atoms with Crippen LogP contribution in [0.15, 0.2) is 41.9 Å². The van der Waals surface area contributed by atoms with Gasteiger partial charge in [-0.1, -0.05) is 6.07 Å². The van der Waals surface area contributed by atoms with Crippen LogP contribution in [0.1, 0.15) is 36.0 Å². The van der Waals surface area contributed by atoms with Crippen LogP contribution in [0.3, 0.4) is 0 Å². The van der Waals surface area contributed by atoms with E-state index in [1.165, 1.54) is 0 Å². The molecule has 0 saturated heterocycles. The maximum absolute atomic E-state index is 12.5. The van der Waals surface area contributed by atoms with E-state index in [0.29, 0.717) is 17.1 Å². The summed E-state index contributed by atoms with van der Waals surface area (Å²) in [6.45, 7) is 0. The van der Waals surface area contributed by atoms with Crippen molar-refractivity contribution in [1.29, 1.82) is 5.41 Å². The lowest BCUT2D eigenvalue weighted by Crippen LogP contribution is -2.31. The van der Waals surface area contributed by atoms with Crippen LogP contribution >= 0.6 is 0 Å². The van der Waals surface area contributed by atoms with Crippen molar-refractivity contribution >= 4 is 22.5 Å². The number of fused-ring (bicyclic) bond motifs is 1. The lowest BCUT2D eigenvalue weighted by Gasteiger charge is -2.18. The van der Waals surface area contributed by atoms with Crippen LogP contribution in [0.5, 0.6) is 0 Å². The molecule has 22 heavy (non-hydrogen) atoms. The Kier molecular flexibility index (Phi) is 3.71. The summed E-state index contributed by atoms with van der Waals surface area (Å²) in [5.74, 6) is 0.0998. The van der Waals surface area contributed by atoms with E-state index in [9.17, 15) is 4.79 Å². The van der Waals surface area contributed by atoms with Gasteiger partial charge in [0.15, 0.2) is 0 Å². The Morgan fingerprint density at radius 3 is 2.82 bits per heavy atom. The average molecular weight is 296 g/mol. The summed E-state index contributed by atoms with van der Waals surface area (Å²) in [7, 11) is 1.95. The number of amides is 1. The Labute approximate surface area is 129 Å². The fourth-order valence-corrected chi connectivity index (χ4v) is 2.97. The Balaban J connectivity index is 1.90. The molecule has 0 spiro atoms. The van der Waals surface area contributed by atoms with Gasteiger partial charge in [-0.2, -0.15) is 0 Å². The van der Waals surface area contributed by atoms with Crippen LogP contribution in [-0.2, 0) is 7.05 Å². The van der Waals surface area contributed by atoms with Gasteiger partial charge >= 0.3 is 0 Å². The number of benzene rings is 1. The highest BCUT2D eigenvalue weighted by Gasteiger charge is 2.18. The Bertz CT molecular complexity index is 785. The van der Waals surface area contributed by atoms with E-state index >= 15 is 0 Å². The molecule has 0 atom stereocenters. The van der Waals surface area contributed by atoms with Crippen molar-refractivity contribution in [1.82, 2.24) is 9.88 Å². The molecule has 0 aliphatic heterocycles. The number of aromatic nitrogens is 1. The molecule has 5 heteroatoms. The summed E-state index contributed by atoms with van der Waals surface area (Å²) in [6.07, 6.45) is 5.47. The summed E-state index contributed by atoms with van der Waals surface area (Å²) in [5.41, 5.74) is 8.95. The third kappa shape index (κ3) is 2.50. The molecule has 5 nitrogen and oxygen atoms in total. The number of allylic oxidation sites excluding steroid dienone is 1. The molecule has 4 N–H and O–H groups in total. The first kappa shape index (κ1) is 14.4. The topological polar surface area (TPSA) is 83.9 Å². The number of carbonyl (C=O) groups excluding carboxylic acids is 1. The Morgan fingerprint density at radius 2 is 2.05 bits per heavy atom. The van der Waals surface area contributed by atoms with Gasteiger partial charge in [0, 0.05) is 41.0 Å². The summed E-state index contributed by atoms with van der Waals surface area (Å²) in [4.78, 5) is 12.5. The van der Waals surface area contributed by atoms with E-state index in [1.807, 2.05) is 36.0 Å². The molecule has 2 aromatic rings. The highest BCUT2D eigenvalue weighted by Crippen LogP contribution is 2.22. The van der Waals surface area contributed by atoms with Crippen LogP contribution in [0, 0.1) is 5.41 Å². The minimum absolute atomic E-state index is 0.222. The maximum atomic E-state index is 12.5. The minimum Gasteiger partial charge on any atom is -0.385 e. The van der Waals surface area contributed by atoms with Crippen LogP contribution in [0.4, 0.5) is 0 Å². The lowest BCUT2D eigenvalue weighted by atomic mass is 9.93. The number of hydrogen-bond donors (Lipinski definition) is 3. The molecule has 114 valence electrons. The van der Waals surface area contributed by atoms with Crippen molar-refractivity contribution in [2.24, 2.45) is 12.8 Å². The maximum Gasteiger partial charge on any atom is 0.257 e. The molecule has 1 aromatic carbocycles. The van der Waals surface area contributed by atoms with Gasteiger partial charge in [-0.3, -0.25) is 4.79 Å². The minimum atomic E-state index is -0.222. The third-order valence-corrected chi connectivity index (χ3v) is 4.21. The van der Waals surface area contributed by atoms with Crippen LogP contribution < -0.4 is 11.1 Å². The van der Waals surface area contributed by atoms with Crippen molar-refractivity contribution in [3.05, 3.63) is 47.4 Å². The molecule has 1 fully saturated rings. The zero-order valence-electron chi connectivity index (χ0n) is 12.6. The quantitative estimate of drug-likeness (QED) is 0.796. The number of rotatable bonds is 2. The highest BCUT2D eigenvalue weighted by molar-refractivity contribution is 6.08. The fourth-order valence-electron chi connectivity index (χ4n) is 2.97. The van der Waals surface area contributed by atoms with Crippen LogP contribution in [0.25, 0.3) is 10.9 Å². The highest BCUT2D eigenvalue weighted by atomic mass is 16.1. The predicted octanol–water partition coefficient (Wildman–Crippen LogP) is 2.67. The van der Waals surface area contributed by atoms with Crippen molar-refractivity contribution in [2.45, 2.75) is 25.7 Å². The first-order valence-electron chi connectivity index (χ1n) is 7.49. The van der Waals surface area contributed by atoms with E-state index in [1.54, 1.807) is 6.07 Å². The molecular formula is C17H20N4O. The second-order valence-corrected chi connectivity index (χ2v) is 5.70. The van der Waals surface area contributed by atoms with Gasteiger partial charge in [0.1, 0.15) is 5.82 Å². The average Bonchev–Trinajstić information content (AvgIpc) is 2.89. The smallest absolute Gasteiger partial charge is 0.257 e. The van der Waals surface area contributed by atoms with Gasteiger partial charge in [-0.05, 0) is 43.9 Å². The number of hydrogen-bond acceptors (Lipinski definition) is 3. The van der Waals surface area contributed by atoms with E-state index in [4.69, 9.17) is 11.1 Å². The second-order valence-electron chi connectivity index (χ2n) is 5.70. The molecule has 0 bridgehead atoms. The summed E-state index contributed by atoms with van der Waals surface area (Å²) < 4.78 is 1.98. The van der Waals surface area contributed by atoms with Gasteiger partial charge in [0.2, 0.25) is 0 Å². The number of carbonyl (C=O) groups is 1. The Morgan fingerprint density at radius 1 is 1.27 bits per heavy atom. The molecule has 0 unspecified atom stereocenters. The van der Waals surface area contributed by atoms with E-state index in [2.05, 4.69) is 5.32 Å². The van der Waals surface area contributed by atoms with Gasteiger partial charge in [-0.15, -0.1) is 0 Å². The molecule has 1 saturated carbocycles. The SMILES string of the molecule is Cn1ccc2c(C(=O)N/C(N)=C3/CCCCC3=N)cccc21. The third-order valence-electron chi connectivity index (χ3n) is 4.21. The Hall–Kier alpha value is -2.56. The summed E-state index contributed by atoms with van der Waals surface area (Å²) >= 11 is 0. The zero-order valence-corrected chi connectivity index (χ0v) is 12.6. The van der Waals surface area contributed by atoms with Crippen molar-refractivity contribution in [3.63, 3.8) is 0 Å². The van der Waals surface area contributed by atoms with Gasteiger partial charge in [0.25, 0.3) is 5.91 Å². The molecule has 1 aliphatic carbocycles. The first-order valence-corrected chi connectivity index (χ1v) is 7.49. The number of nitrogens with two attached hydrogens (primary N) is 1. The molecule has 1 aliphatic rings. The molecular weight excluding hydrogens is 276 g/mol. The molecule has 3 rings (SSSR count). The molecule has 1 amide bonds. The zero-order chi connectivity index (χ0) is 15.7. The standard InChI is InChI=1S/C17H20N4O/c1-21-10-9-11-12(6-4-8-15(11)21)17(22)20-16(19)13-5-2-3-7-14(13)18/h4,6,8-10,18H,2-3,5,7,19H2,1H3,(H,20,22)/b16-13-,18-14?. The van der Waals surface area contributed by atoms with E-state index in [0.717, 1.165) is 42.2 Å². The van der Waals surface area contributed by atoms with Gasteiger partial charge in [0.05, 0.1) is 0 Å². The van der Waals surface area contributed by atoms with Crippen LogP contribution in [-0.4, -0.2) is 16.2 Å². The van der Waals surface area contributed by atoms with Crippen molar-refractivity contribution in [3.8, 4) is 0 Å². The largest absolute Gasteiger partial charge is 0.385 e. The lowest BCUT2D eigenvalue weighted by molar-refractivity contribution is 0.0966. The monoisotopic (exact) mass is 296 g/mol. The van der Waals surface area contributed by atoms with Crippen molar-refractivity contribution in [2.75, 3.05) is 0 Å². The number of aryl methyl sites for hydroxylation is 1. The predicted molar refractivity (Wildman–Crippen MR) is 87.8 cm³/mol.